The van der Waals surface area contributed by atoms with Crippen LogP contribution < -0.4 is 16.1 Å². The second kappa shape index (κ2) is 10.0. The minimum atomic E-state index is -0.716. The molecule has 0 unspecified atom stereocenters. The Bertz CT molecular complexity index is 1360. The van der Waals surface area contributed by atoms with Gasteiger partial charge in [-0.3, -0.25) is 4.79 Å². The van der Waals surface area contributed by atoms with Crippen LogP contribution in [-0.2, 0) is 11.3 Å². The molecule has 8 nitrogen and oxygen atoms in total. The predicted molar refractivity (Wildman–Crippen MR) is 138 cm³/mol. The number of nitrogens with one attached hydrogen (secondary N) is 2. The van der Waals surface area contributed by atoms with Gasteiger partial charge in [0.2, 0.25) is 5.95 Å². The molecule has 2 aromatic heterocycles. The van der Waals surface area contributed by atoms with E-state index in [0.29, 0.717) is 47.6 Å². The molecular weight excluding hydrogens is 485 g/mol. The molecule has 0 spiro atoms. The maximum absolute atomic E-state index is 15.0. The van der Waals surface area contributed by atoms with Crippen molar-refractivity contribution in [1.82, 2.24) is 19.9 Å². The van der Waals surface area contributed by atoms with Crippen LogP contribution in [0.1, 0.15) is 50.4 Å². The molecule has 2 atom stereocenters. The molecule has 0 amide bonds. The summed E-state index contributed by atoms with van der Waals surface area (Å²) >= 11 is 6.62. The topological polar surface area (TPSA) is 101 Å². The lowest BCUT2D eigenvalue weighted by Crippen LogP contribution is -2.42. The third-order valence-corrected chi connectivity index (χ3v) is 7.26. The summed E-state index contributed by atoms with van der Waals surface area (Å²) in [6.07, 6.45) is 3.24. The molecule has 1 saturated heterocycles. The summed E-state index contributed by atoms with van der Waals surface area (Å²) in [4.78, 5) is 21.8. The van der Waals surface area contributed by atoms with E-state index in [0.717, 1.165) is 24.7 Å². The average molecular weight is 516 g/mol. The van der Waals surface area contributed by atoms with Gasteiger partial charge >= 0.3 is 0 Å². The zero-order chi connectivity index (χ0) is 25.6. The molecule has 3 heterocycles. The summed E-state index contributed by atoms with van der Waals surface area (Å²) in [5.74, 6) is -0.441. The number of halogens is 2. The van der Waals surface area contributed by atoms with Crippen molar-refractivity contribution in [2.24, 2.45) is 0 Å². The highest BCUT2D eigenvalue weighted by molar-refractivity contribution is 6.34. The van der Waals surface area contributed by atoms with Gasteiger partial charge in [0, 0.05) is 47.4 Å². The Hall–Kier alpha value is -2.59. The van der Waals surface area contributed by atoms with Gasteiger partial charge in [0.1, 0.15) is 5.69 Å². The Balaban J connectivity index is 1.62. The highest BCUT2D eigenvalue weighted by atomic mass is 35.5. The number of aliphatic hydroxyl groups is 1. The first-order valence-electron chi connectivity index (χ1n) is 12.4. The van der Waals surface area contributed by atoms with Crippen molar-refractivity contribution in [1.29, 1.82) is 0 Å². The number of anilines is 1. The summed E-state index contributed by atoms with van der Waals surface area (Å²) in [7, 11) is 0. The van der Waals surface area contributed by atoms with Gasteiger partial charge in [-0.15, -0.1) is 0 Å². The largest absolute Gasteiger partial charge is 0.389 e. The molecule has 192 valence electrons. The molecule has 1 saturated carbocycles. The zero-order valence-corrected chi connectivity index (χ0v) is 21.4. The Labute approximate surface area is 213 Å². The minimum Gasteiger partial charge on any atom is -0.389 e. The van der Waals surface area contributed by atoms with Crippen LogP contribution in [0.5, 0.6) is 0 Å². The van der Waals surface area contributed by atoms with Crippen LogP contribution in [0.3, 0.4) is 0 Å². The molecule has 0 bridgehead atoms. The van der Waals surface area contributed by atoms with Gasteiger partial charge in [0.05, 0.1) is 35.5 Å². The number of fused-ring (bicyclic) bond motifs is 1. The number of pyridine rings is 1. The summed E-state index contributed by atoms with van der Waals surface area (Å²) in [5.41, 5.74) is 2.60. The summed E-state index contributed by atoms with van der Waals surface area (Å²) in [5, 5.41) is 17.5. The Morgan fingerprint density at radius 1 is 1.31 bits per heavy atom. The van der Waals surface area contributed by atoms with Gasteiger partial charge in [0.15, 0.2) is 11.2 Å². The highest BCUT2D eigenvalue weighted by Crippen LogP contribution is 2.34. The third-order valence-electron chi connectivity index (χ3n) is 6.95. The van der Waals surface area contributed by atoms with Gasteiger partial charge < -0.3 is 25.0 Å². The van der Waals surface area contributed by atoms with Gasteiger partial charge in [-0.05, 0) is 52.2 Å². The first-order chi connectivity index (χ1) is 17.2. The molecule has 1 aliphatic carbocycles. The van der Waals surface area contributed by atoms with Crippen LogP contribution in [-0.4, -0.2) is 51.0 Å². The molecule has 36 heavy (non-hydrogen) atoms. The van der Waals surface area contributed by atoms with E-state index in [1.807, 2.05) is 6.92 Å². The summed E-state index contributed by atoms with van der Waals surface area (Å²) < 4.78 is 22.4. The molecule has 3 N–H and O–H groups in total. The first-order valence-corrected chi connectivity index (χ1v) is 12.8. The van der Waals surface area contributed by atoms with E-state index < -0.39 is 11.9 Å². The smallest absolute Gasteiger partial charge is 0.223 e. The lowest BCUT2D eigenvalue weighted by atomic mass is 10.0. The van der Waals surface area contributed by atoms with Crippen molar-refractivity contribution >= 4 is 28.5 Å². The van der Waals surface area contributed by atoms with Crippen molar-refractivity contribution < 1.29 is 14.2 Å². The van der Waals surface area contributed by atoms with Crippen LogP contribution in [0.25, 0.3) is 22.2 Å². The van der Waals surface area contributed by atoms with E-state index >= 15 is 4.39 Å². The SMILES string of the molecule is Cc1c(CNC2CC2)n(C(C)C)c2cc(-c3nc(N[C@@H]4CCOC[C@H]4O)ncc3F)c(Cl)cc2c1=O. The fourth-order valence-corrected chi connectivity index (χ4v) is 5.06. The molecule has 2 aliphatic rings. The van der Waals surface area contributed by atoms with Crippen LogP contribution >= 0.6 is 11.6 Å². The van der Waals surface area contributed by atoms with Crippen molar-refractivity contribution in [3.8, 4) is 11.3 Å². The Morgan fingerprint density at radius 3 is 2.78 bits per heavy atom. The number of hydrogen-bond acceptors (Lipinski definition) is 7. The van der Waals surface area contributed by atoms with Gasteiger partial charge in [-0.1, -0.05) is 11.6 Å². The van der Waals surface area contributed by atoms with Crippen molar-refractivity contribution in [3.63, 3.8) is 0 Å². The van der Waals surface area contributed by atoms with Gasteiger partial charge in [-0.2, -0.15) is 0 Å². The lowest BCUT2D eigenvalue weighted by Gasteiger charge is -2.28. The van der Waals surface area contributed by atoms with E-state index in [1.54, 1.807) is 12.1 Å². The van der Waals surface area contributed by atoms with Gasteiger partial charge in [-0.25, -0.2) is 14.4 Å². The molecule has 10 heteroatoms. The second-order valence-corrected chi connectivity index (χ2v) is 10.3. The molecule has 3 aromatic rings. The predicted octanol–water partition coefficient (Wildman–Crippen LogP) is 3.95. The van der Waals surface area contributed by atoms with E-state index in [-0.39, 0.29) is 40.8 Å². The average Bonchev–Trinajstić information content (AvgIpc) is 3.67. The number of ether oxygens (including phenoxy) is 1. The first kappa shape index (κ1) is 25.1. The van der Waals surface area contributed by atoms with E-state index in [1.165, 1.54) is 0 Å². The molecule has 1 aliphatic heterocycles. The fourth-order valence-electron chi connectivity index (χ4n) is 4.80. The Kier molecular flexibility index (Phi) is 7.00. The van der Waals surface area contributed by atoms with E-state index in [4.69, 9.17) is 16.3 Å². The summed E-state index contributed by atoms with van der Waals surface area (Å²) in [6.45, 7) is 7.27. The third kappa shape index (κ3) is 4.85. The molecule has 0 radical (unpaired) electrons. The maximum Gasteiger partial charge on any atom is 0.223 e. The second-order valence-electron chi connectivity index (χ2n) is 9.94. The van der Waals surface area contributed by atoms with E-state index in [2.05, 4.69) is 39.0 Å². The number of hydrogen-bond donors (Lipinski definition) is 3. The standard InChI is InChI=1S/C26H31ClFN5O3/c1-13(2)33-21-9-16(18(27)8-17(21)25(35)14(3)22(33)11-29-15-4-5-15)24-19(28)10-30-26(32-24)31-20-6-7-36-12-23(20)34/h8-10,13,15,20,23,29,34H,4-7,11-12H2,1-3H3,(H,30,31,32)/t20-,23-/m1/s1. The summed E-state index contributed by atoms with van der Waals surface area (Å²) in [6, 6.07) is 3.60. The van der Waals surface area contributed by atoms with Crippen molar-refractivity contribution in [3.05, 3.63) is 50.7 Å². The molecular formula is C26H31ClFN5O3. The maximum atomic E-state index is 15.0. The molecule has 5 rings (SSSR count). The Morgan fingerprint density at radius 2 is 2.08 bits per heavy atom. The number of rotatable bonds is 7. The van der Waals surface area contributed by atoms with Crippen molar-refractivity contribution in [2.75, 3.05) is 18.5 Å². The van der Waals surface area contributed by atoms with Crippen LogP contribution in [0.15, 0.2) is 23.1 Å². The highest BCUT2D eigenvalue weighted by Gasteiger charge is 2.26. The number of benzene rings is 1. The minimum absolute atomic E-state index is 0.0296. The molecule has 2 fully saturated rings. The van der Waals surface area contributed by atoms with Crippen LogP contribution in [0.4, 0.5) is 10.3 Å². The van der Waals surface area contributed by atoms with Crippen LogP contribution in [0.2, 0.25) is 5.02 Å². The van der Waals surface area contributed by atoms with Gasteiger partial charge in [0.25, 0.3) is 0 Å². The normalized spacial score (nSPS) is 20.3. The lowest BCUT2D eigenvalue weighted by molar-refractivity contribution is -0.0136. The van der Waals surface area contributed by atoms with E-state index in [9.17, 15) is 9.90 Å². The zero-order valence-electron chi connectivity index (χ0n) is 20.6. The molecule has 1 aromatic carbocycles. The number of aromatic nitrogens is 3. The fraction of sp³-hybridized carbons (Fsp3) is 0.500. The van der Waals surface area contributed by atoms with Crippen molar-refractivity contribution in [2.45, 2.75) is 70.8 Å². The van der Waals surface area contributed by atoms with Crippen LogP contribution in [0, 0.1) is 12.7 Å². The number of aliphatic hydroxyl groups excluding tert-OH is 1. The number of nitrogens with zero attached hydrogens (tertiary/aromatic N) is 3. The quantitative estimate of drug-likeness (QED) is 0.438. The monoisotopic (exact) mass is 515 g/mol.